The Morgan fingerprint density at radius 3 is 2.55 bits per heavy atom. The number of para-hydroxylation sites is 1. The van der Waals surface area contributed by atoms with Crippen LogP contribution in [0.15, 0.2) is 58.5 Å². The highest BCUT2D eigenvalue weighted by Crippen LogP contribution is 2.22. The summed E-state index contributed by atoms with van der Waals surface area (Å²) in [5.74, 6) is 0.771. The molecule has 0 aliphatic heterocycles. The van der Waals surface area contributed by atoms with Gasteiger partial charge in [-0.3, -0.25) is 18.6 Å². The van der Waals surface area contributed by atoms with E-state index in [1.54, 1.807) is 13.1 Å². The monoisotopic (exact) mass is 434 g/mol. The van der Waals surface area contributed by atoms with Gasteiger partial charge in [0.2, 0.25) is 5.78 Å². The van der Waals surface area contributed by atoms with Crippen LogP contribution < -0.4 is 5.56 Å². The molecule has 0 aliphatic carbocycles. The third-order valence-corrected chi connectivity index (χ3v) is 6.45. The minimum atomic E-state index is -0.113. The van der Waals surface area contributed by atoms with Crippen molar-refractivity contribution in [2.24, 2.45) is 7.05 Å². The molecule has 31 heavy (non-hydrogen) atoms. The fourth-order valence-electron chi connectivity index (χ4n) is 3.73. The van der Waals surface area contributed by atoms with Crippen LogP contribution in [0.25, 0.3) is 16.7 Å². The number of ketones is 1. The van der Waals surface area contributed by atoms with E-state index in [1.165, 1.54) is 47.6 Å². The highest BCUT2D eigenvalue weighted by atomic mass is 32.2. The predicted octanol–water partition coefficient (Wildman–Crippen LogP) is 4.68. The van der Waals surface area contributed by atoms with Gasteiger partial charge in [-0.1, -0.05) is 74.3 Å². The van der Waals surface area contributed by atoms with Crippen LogP contribution >= 0.6 is 11.8 Å². The zero-order chi connectivity index (χ0) is 21.8. The Kier molecular flexibility index (Phi) is 6.51. The first kappa shape index (κ1) is 21.3. The summed E-state index contributed by atoms with van der Waals surface area (Å²) in [6, 6.07) is 15.3. The standard InChI is InChI=1S/C24H26N4O2S/c1-3-4-5-6-9-17-12-14-18(15-13-17)21(29)16-31-24-26-25-23-27(2)22(30)19-10-7-8-11-20(19)28(23)24/h7-8,10-15H,3-6,9,16H2,1-2H3. The number of thioether (sulfide) groups is 1. The summed E-state index contributed by atoms with van der Waals surface area (Å²) >= 11 is 1.34. The number of nitrogens with zero attached hydrogens (tertiary/aromatic N) is 4. The number of aryl methyl sites for hydroxylation is 2. The lowest BCUT2D eigenvalue weighted by Gasteiger charge is -2.07. The topological polar surface area (TPSA) is 69.3 Å². The Labute approximate surface area is 185 Å². The molecule has 4 aromatic rings. The number of carbonyl (C=O) groups is 1. The molecule has 7 heteroatoms. The van der Waals surface area contributed by atoms with Crippen molar-refractivity contribution in [3.8, 4) is 0 Å². The van der Waals surface area contributed by atoms with Crippen LogP contribution in [0.2, 0.25) is 0 Å². The molecule has 0 unspecified atom stereocenters. The second kappa shape index (κ2) is 9.47. The summed E-state index contributed by atoms with van der Waals surface area (Å²) in [5, 5.41) is 9.61. The van der Waals surface area contributed by atoms with Gasteiger partial charge in [0.15, 0.2) is 10.9 Å². The van der Waals surface area contributed by atoms with E-state index >= 15 is 0 Å². The van der Waals surface area contributed by atoms with Gasteiger partial charge in [0, 0.05) is 12.6 Å². The normalized spacial score (nSPS) is 11.4. The van der Waals surface area contributed by atoms with E-state index in [-0.39, 0.29) is 17.1 Å². The highest BCUT2D eigenvalue weighted by Gasteiger charge is 2.16. The fraction of sp³-hybridized carbons (Fsp3) is 0.333. The van der Waals surface area contributed by atoms with Gasteiger partial charge in [-0.2, -0.15) is 0 Å². The first-order chi connectivity index (χ1) is 15.1. The number of fused-ring (bicyclic) bond motifs is 3. The second-order valence-corrected chi connectivity index (χ2v) is 8.66. The molecule has 0 atom stereocenters. The lowest BCUT2D eigenvalue weighted by molar-refractivity contribution is 0.102. The Hall–Kier alpha value is -2.93. The molecule has 6 nitrogen and oxygen atoms in total. The van der Waals surface area contributed by atoms with Crippen LogP contribution in [0.5, 0.6) is 0 Å². The summed E-state index contributed by atoms with van der Waals surface area (Å²) in [5.41, 5.74) is 2.61. The lowest BCUT2D eigenvalue weighted by Crippen LogP contribution is -2.20. The van der Waals surface area contributed by atoms with E-state index < -0.39 is 0 Å². The van der Waals surface area contributed by atoms with Gasteiger partial charge >= 0.3 is 0 Å². The van der Waals surface area contributed by atoms with Crippen LogP contribution in [0, 0.1) is 0 Å². The third kappa shape index (κ3) is 4.42. The SMILES string of the molecule is CCCCCCc1ccc(C(=O)CSc2nnc3n(C)c(=O)c4ccccc4n23)cc1. The first-order valence-corrected chi connectivity index (χ1v) is 11.7. The summed E-state index contributed by atoms with van der Waals surface area (Å²) < 4.78 is 3.33. The Bertz CT molecular complexity index is 1270. The highest BCUT2D eigenvalue weighted by molar-refractivity contribution is 7.99. The maximum absolute atomic E-state index is 12.7. The summed E-state index contributed by atoms with van der Waals surface area (Å²) in [6.45, 7) is 2.21. The summed E-state index contributed by atoms with van der Waals surface area (Å²) in [6.07, 6.45) is 6.00. The van der Waals surface area contributed by atoms with Gasteiger partial charge in [0.1, 0.15) is 0 Å². The molecule has 0 bridgehead atoms. The molecule has 160 valence electrons. The van der Waals surface area contributed by atoms with Gasteiger partial charge in [-0.25, -0.2) is 0 Å². The Balaban J connectivity index is 1.49. The average Bonchev–Trinajstić information content (AvgIpc) is 3.23. The summed E-state index contributed by atoms with van der Waals surface area (Å²) in [7, 11) is 1.68. The number of hydrogen-bond acceptors (Lipinski definition) is 5. The van der Waals surface area contributed by atoms with Crippen LogP contribution in [-0.4, -0.2) is 30.7 Å². The third-order valence-electron chi connectivity index (χ3n) is 5.52. The van der Waals surface area contributed by atoms with Crippen molar-refractivity contribution in [2.45, 2.75) is 44.2 Å². The number of benzene rings is 2. The number of carbonyl (C=O) groups excluding carboxylic acids is 1. The molecule has 2 aromatic carbocycles. The van der Waals surface area contributed by atoms with E-state index in [4.69, 9.17) is 0 Å². The Morgan fingerprint density at radius 2 is 1.77 bits per heavy atom. The van der Waals surface area contributed by atoms with Gasteiger partial charge < -0.3 is 0 Å². The minimum absolute atomic E-state index is 0.0495. The molecule has 0 radical (unpaired) electrons. The first-order valence-electron chi connectivity index (χ1n) is 10.7. The van der Waals surface area contributed by atoms with Crippen molar-refractivity contribution in [2.75, 3.05) is 5.75 Å². The average molecular weight is 435 g/mol. The minimum Gasteiger partial charge on any atom is -0.293 e. The van der Waals surface area contributed by atoms with Gasteiger partial charge in [0.05, 0.1) is 16.7 Å². The van der Waals surface area contributed by atoms with Crippen LogP contribution in [0.4, 0.5) is 0 Å². The van der Waals surface area contributed by atoms with E-state index in [9.17, 15) is 9.59 Å². The van der Waals surface area contributed by atoms with Gasteiger partial charge in [0.25, 0.3) is 5.56 Å². The van der Waals surface area contributed by atoms with Crippen molar-refractivity contribution in [1.82, 2.24) is 19.2 Å². The van der Waals surface area contributed by atoms with E-state index in [1.807, 2.05) is 34.7 Å². The van der Waals surface area contributed by atoms with Crippen molar-refractivity contribution < 1.29 is 4.79 Å². The van der Waals surface area contributed by atoms with E-state index in [0.29, 0.717) is 21.9 Å². The molecule has 0 amide bonds. The number of Topliss-reactive ketones (excluding diaryl/α,β-unsaturated/α-hetero) is 1. The molecular formula is C24H26N4O2S. The molecular weight excluding hydrogens is 408 g/mol. The molecule has 4 rings (SSSR count). The van der Waals surface area contributed by atoms with Crippen molar-refractivity contribution >= 4 is 34.2 Å². The second-order valence-electron chi connectivity index (χ2n) is 7.72. The lowest BCUT2D eigenvalue weighted by atomic mass is 10.0. The maximum atomic E-state index is 12.7. The zero-order valence-corrected chi connectivity index (χ0v) is 18.7. The number of rotatable bonds is 9. The maximum Gasteiger partial charge on any atom is 0.262 e. The molecule has 0 aliphatic rings. The zero-order valence-electron chi connectivity index (χ0n) is 17.9. The van der Waals surface area contributed by atoms with Crippen LogP contribution in [0.1, 0.15) is 48.5 Å². The quantitative estimate of drug-likeness (QED) is 0.217. The number of aromatic nitrogens is 4. The number of hydrogen-bond donors (Lipinski definition) is 0. The molecule has 2 aromatic heterocycles. The van der Waals surface area contributed by atoms with Crippen molar-refractivity contribution in [3.05, 3.63) is 70.0 Å². The fourth-order valence-corrected chi connectivity index (χ4v) is 4.57. The van der Waals surface area contributed by atoms with Crippen molar-refractivity contribution in [1.29, 1.82) is 0 Å². The van der Waals surface area contributed by atoms with E-state index in [2.05, 4.69) is 29.3 Å². The Morgan fingerprint density at radius 1 is 1.00 bits per heavy atom. The predicted molar refractivity (Wildman–Crippen MR) is 125 cm³/mol. The molecule has 0 saturated heterocycles. The van der Waals surface area contributed by atoms with Crippen LogP contribution in [0.3, 0.4) is 0 Å². The van der Waals surface area contributed by atoms with E-state index in [0.717, 1.165) is 11.9 Å². The molecule has 0 N–H and O–H groups in total. The van der Waals surface area contributed by atoms with Crippen LogP contribution in [-0.2, 0) is 13.5 Å². The summed E-state index contributed by atoms with van der Waals surface area (Å²) in [4.78, 5) is 25.3. The largest absolute Gasteiger partial charge is 0.293 e. The molecule has 0 spiro atoms. The van der Waals surface area contributed by atoms with Crippen molar-refractivity contribution in [3.63, 3.8) is 0 Å². The molecule has 0 fully saturated rings. The smallest absolute Gasteiger partial charge is 0.262 e. The molecule has 0 saturated carbocycles. The van der Waals surface area contributed by atoms with Gasteiger partial charge in [-0.15, -0.1) is 10.2 Å². The number of unbranched alkanes of at least 4 members (excludes halogenated alkanes) is 3. The van der Waals surface area contributed by atoms with Gasteiger partial charge in [-0.05, 0) is 30.5 Å². The molecule has 2 heterocycles.